The van der Waals surface area contributed by atoms with Crippen LogP contribution in [-0.2, 0) is 6.18 Å². The van der Waals surface area contributed by atoms with Gasteiger partial charge in [0.25, 0.3) is 0 Å². The molecule has 4 N–H and O–H groups in total. The van der Waals surface area contributed by atoms with Gasteiger partial charge >= 0.3 is 13.5 Å². The molecule has 1 rings (SSSR count). The van der Waals surface area contributed by atoms with E-state index in [1.54, 1.807) is 27.7 Å². The van der Waals surface area contributed by atoms with Gasteiger partial charge in [-0.15, -0.1) is 0 Å². The van der Waals surface area contributed by atoms with Gasteiger partial charge in [-0.05, 0) is 39.8 Å². The fourth-order valence-corrected chi connectivity index (χ4v) is 0.921. The van der Waals surface area contributed by atoms with E-state index in [4.69, 9.17) is 20.3 Å². The van der Waals surface area contributed by atoms with E-state index in [1.807, 2.05) is 0 Å². The Bertz CT molecular complexity index is 495. The van der Waals surface area contributed by atoms with Gasteiger partial charge in [0, 0.05) is 6.07 Å². The molecule has 0 aliphatic carbocycles. The summed E-state index contributed by atoms with van der Waals surface area (Å²) in [5.74, 6) is -1.95. The molecule has 0 bridgehead atoms. The van der Waals surface area contributed by atoms with Crippen LogP contribution in [0.1, 0.15) is 33.3 Å². The van der Waals surface area contributed by atoms with Crippen LogP contribution in [0.4, 0.5) is 17.6 Å². The minimum Gasteiger partial charge on any atom is -0.512 e. The van der Waals surface area contributed by atoms with Gasteiger partial charge in [0.05, 0.1) is 16.8 Å². The highest BCUT2D eigenvalue weighted by atomic mass is 19.4. The molecule has 0 aromatic heterocycles. The Balaban J connectivity index is 0.000000515. The van der Waals surface area contributed by atoms with Crippen LogP contribution >= 0.6 is 0 Å². The molecule has 1 aromatic rings. The maximum atomic E-state index is 12.8. The lowest BCUT2D eigenvalue weighted by atomic mass is 9.90. The Kier molecular flexibility index (Phi) is 7.04. The van der Waals surface area contributed by atoms with Gasteiger partial charge in [-0.25, -0.2) is 4.39 Å². The Labute approximate surface area is 131 Å². The zero-order valence-corrected chi connectivity index (χ0v) is 13.0. The van der Waals surface area contributed by atoms with Crippen molar-refractivity contribution in [2.45, 2.75) is 45.1 Å². The Morgan fingerprint density at radius 1 is 0.957 bits per heavy atom. The summed E-state index contributed by atoms with van der Waals surface area (Å²) >= 11 is 0. The van der Waals surface area contributed by atoms with E-state index < -0.39 is 41.8 Å². The van der Waals surface area contributed by atoms with Crippen LogP contribution < -0.4 is 4.65 Å². The van der Waals surface area contributed by atoms with E-state index in [2.05, 4.69) is 4.65 Å². The highest BCUT2D eigenvalue weighted by molar-refractivity contribution is 6.33. The fraction of sp³-hybridized carbons (Fsp3) is 0.538. The number of alkyl halides is 3. The van der Waals surface area contributed by atoms with E-state index in [0.717, 1.165) is 6.07 Å². The molecule has 0 aliphatic heterocycles. The molecule has 0 unspecified atom stereocenters. The van der Waals surface area contributed by atoms with Crippen LogP contribution in [0.5, 0.6) is 5.75 Å². The van der Waals surface area contributed by atoms with Crippen LogP contribution in [-0.4, -0.2) is 38.8 Å². The average Bonchev–Trinajstić information content (AvgIpc) is 2.23. The Morgan fingerprint density at radius 2 is 1.39 bits per heavy atom. The van der Waals surface area contributed by atoms with Gasteiger partial charge in [-0.1, -0.05) is 0 Å². The lowest BCUT2D eigenvalue weighted by molar-refractivity contribution is -0.140. The third kappa shape index (κ3) is 7.64. The van der Waals surface area contributed by atoms with Gasteiger partial charge < -0.3 is 24.9 Å². The predicted molar refractivity (Wildman–Crippen MR) is 74.8 cm³/mol. The standard InChI is InChI=1S/C7H5BF4O3.C6H14O2/c9-6-3-4(15-8(13)14)1-2-5(6)7(10,11)12;1-5(2,7)6(3,4)8/h1-3,13-14H;7-8H,1-4H3. The van der Waals surface area contributed by atoms with Crippen molar-refractivity contribution in [3.63, 3.8) is 0 Å². The lowest BCUT2D eigenvalue weighted by Gasteiger charge is -2.31. The normalized spacial score (nSPS) is 12.3. The SMILES string of the molecule is CC(C)(O)C(C)(C)O.OB(O)Oc1ccc(C(F)(F)F)c(F)c1. The van der Waals surface area contributed by atoms with Crippen LogP contribution in [0.3, 0.4) is 0 Å². The third-order valence-corrected chi connectivity index (χ3v) is 2.98. The number of hydrogen-bond donors (Lipinski definition) is 4. The van der Waals surface area contributed by atoms with Crippen molar-refractivity contribution in [3.05, 3.63) is 29.6 Å². The summed E-state index contributed by atoms with van der Waals surface area (Å²) in [6, 6.07) is 1.65. The molecule has 0 saturated carbocycles. The topological polar surface area (TPSA) is 90.2 Å². The van der Waals surface area contributed by atoms with Crippen molar-refractivity contribution in [2.24, 2.45) is 0 Å². The molecule has 132 valence electrons. The first-order valence-electron chi connectivity index (χ1n) is 6.40. The Hall–Kier alpha value is -1.36. The maximum absolute atomic E-state index is 12.8. The molecule has 0 aliphatic rings. The Morgan fingerprint density at radius 3 is 1.65 bits per heavy atom. The first-order valence-corrected chi connectivity index (χ1v) is 6.40. The molecule has 0 spiro atoms. The number of hydrogen-bond acceptors (Lipinski definition) is 5. The van der Waals surface area contributed by atoms with Crippen LogP contribution in [0, 0.1) is 5.82 Å². The predicted octanol–water partition coefficient (Wildman–Crippen LogP) is 1.72. The van der Waals surface area contributed by atoms with Gasteiger partial charge in [-0.3, -0.25) is 0 Å². The van der Waals surface area contributed by atoms with Gasteiger partial charge in [-0.2, -0.15) is 13.2 Å². The van der Waals surface area contributed by atoms with Crippen molar-refractivity contribution in [2.75, 3.05) is 0 Å². The minimum atomic E-state index is -4.79. The van der Waals surface area contributed by atoms with Crippen LogP contribution in [0.15, 0.2) is 18.2 Å². The maximum Gasteiger partial charge on any atom is 0.707 e. The molecule has 0 atom stereocenters. The van der Waals surface area contributed by atoms with Crippen molar-refractivity contribution >= 4 is 7.32 Å². The number of aliphatic hydroxyl groups is 2. The highest BCUT2D eigenvalue weighted by Gasteiger charge is 2.34. The minimum absolute atomic E-state index is 0.407. The molecule has 0 saturated heterocycles. The van der Waals surface area contributed by atoms with E-state index >= 15 is 0 Å². The van der Waals surface area contributed by atoms with Crippen molar-refractivity contribution < 1.29 is 42.5 Å². The first-order chi connectivity index (χ1) is 10.1. The number of halogens is 4. The first kappa shape index (κ1) is 21.6. The second kappa shape index (κ2) is 7.48. The summed E-state index contributed by atoms with van der Waals surface area (Å²) in [5, 5.41) is 34.8. The number of rotatable bonds is 3. The smallest absolute Gasteiger partial charge is 0.512 e. The van der Waals surface area contributed by atoms with E-state index in [1.165, 1.54) is 0 Å². The van der Waals surface area contributed by atoms with E-state index in [9.17, 15) is 17.6 Å². The fourth-order valence-electron chi connectivity index (χ4n) is 0.921. The van der Waals surface area contributed by atoms with E-state index in [-0.39, 0.29) is 0 Å². The average molecular weight is 342 g/mol. The van der Waals surface area contributed by atoms with Crippen molar-refractivity contribution in [3.8, 4) is 5.75 Å². The molecule has 5 nitrogen and oxygen atoms in total. The molecule has 0 radical (unpaired) electrons. The van der Waals surface area contributed by atoms with Gasteiger partial charge in [0.2, 0.25) is 0 Å². The van der Waals surface area contributed by atoms with Crippen molar-refractivity contribution in [1.82, 2.24) is 0 Å². The molecule has 0 amide bonds. The molecular weight excluding hydrogens is 323 g/mol. The highest BCUT2D eigenvalue weighted by Crippen LogP contribution is 2.32. The number of benzene rings is 1. The van der Waals surface area contributed by atoms with Gasteiger partial charge in [0.15, 0.2) is 0 Å². The second-order valence-corrected chi connectivity index (χ2v) is 5.70. The van der Waals surface area contributed by atoms with Crippen LogP contribution in [0.2, 0.25) is 0 Å². The second-order valence-electron chi connectivity index (χ2n) is 5.70. The molecule has 10 heteroatoms. The monoisotopic (exact) mass is 342 g/mol. The van der Waals surface area contributed by atoms with Crippen LogP contribution in [0.25, 0.3) is 0 Å². The zero-order chi connectivity index (χ0) is 18.6. The molecule has 1 aromatic carbocycles. The summed E-state index contributed by atoms with van der Waals surface area (Å²) in [4.78, 5) is 0. The third-order valence-electron chi connectivity index (χ3n) is 2.98. The lowest BCUT2D eigenvalue weighted by Crippen LogP contribution is -2.44. The summed E-state index contributed by atoms with van der Waals surface area (Å²) in [5.41, 5.74) is -3.46. The summed E-state index contributed by atoms with van der Waals surface area (Å²) < 4.78 is 53.2. The molecule has 23 heavy (non-hydrogen) atoms. The van der Waals surface area contributed by atoms with Crippen molar-refractivity contribution in [1.29, 1.82) is 0 Å². The summed E-state index contributed by atoms with van der Waals surface area (Å²) in [6.07, 6.45) is -4.79. The van der Waals surface area contributed by atoms with E-state index in [0.29, 0.717) is 12.1 Å². The summed E-state index contributed by atoms with van der Waals surface area (Å²) in [6.45, 7) is 6.31. The molecule has 0 heterocycles. The largest absolute Gasteiger partial charge is 0.707 e. The quantitative estimate of drug-likeness (QED) is 0.496. The molecule has 0 fully saturated rings. The molecular formula is C13H19BF4O5. The zero-order valence-electron chi connectivity index (χ0n) is 13.0. The van der Waals surface area contributed by atoms with Gasteiger partial charge in [0.1, 0.15) is 11.6 Å². The summed E-state index contributed by atoms with van der Waals surface area (Å²) in [7, 11) is -2.21.